The second-order valence-electron chi connectivity index (χ2n) is 6.92. The lowest BCUT2D eigenvalue weighted by atomic mass is 9.93. The molecule has 0 fully saturated rings. The van der Waals surface area contributed by atoms with Crippen molar-refractivity contribution in [2.75, 3.05) is 14.2 Å². The van der Waals surface area contributed by atoms with Crippen molar-refractivity contribution in [2.24, 2.45) is 0 Å². The van der Waals surface area contributed by atoms with Gasteiger partial charge in [-0.2, -0.15) is 0 Å². The van der Waals surface area contributed by atoms with E-state index in [1.165, 1.54) is 0 Å². The van der Waals surface area contributed by atoms with Crippen LogP contribution in [0.3, 0.4) is 0 Å². The maximum absolute atomic E-state index is 13.3. The lowest BCUT2D eigenvalue weighted by Crippen LogP contribution is -2.03. The molecule has 148 valence electrons. The highest BCUT2D eigenvalue weighted by Gasteiger charge is 2.15. The van der Waals surface area contributed by atoms with Crippen LogP contribution in [0.25, 0.3) is 22.3 Å². The third-order valence-electron chi connectivity index (χ3n) is 5.10. The Kier molecular flexibility index (Phi) is 5.62. The molecule has 0 heterocycles. The van der Waals surface area contributed by atoms with Crippen LogP contribution in [0.1, 0.15) is 15.9 Å². The van der Waals surface area contributed by atoms with Gasteiger partial charge in [-0.15, -0.1) is 0 Å². The van der Waals surface area contributed by atoms with Crippen LogP contribution in [0.2, 0.25) is 0 Å². The molecule has 4 aromatic carbocycles. The van der Waals surface area contributed by atoms with E-state index in [0.717, 1.165) is 33.8 Å². The maximum Gasteiger partial charge on any atom is 0.193 e. The van der Waals surface area contributed by atoms with E-state index >= 15 is 0 Å². The largest absolute Gasteiger partial charge is 0.497 e. The Bertz CT molecular complexity index is 1180. The lowest BCUT2D eigenvalue weighted by Gasteiger charge is -2.11. The zero-order chi connectivity index (χ0) is 20.9. The number of ketones is 1. The first-order valence-corrected chi connectivity index (χ1v) is 9.72. The standard InChI is InChI=1S/C27H22O3/c1-29-23-9-5-7-21(17-23)19-13-15-20(16-14-19)27(28)26-12-4-3-11-25(26)22-8-6-10-24(18-22)30-2/h3-18H,1-2H3. The number of carbonyl (C=O) groups excluding carboxylic acids is 1. The Morgan fingerprint density at radius 3 is 1.87 bits per heavy atom. The average molecular weight is 394 g/mol. The molecule has 0 saturated carbocycles. The molecule has 0 spiro atoms. The molecule has 30 heavy (non-hydrogen) atoms. The summed E-state index contributed by atoms with van der Waals surface area (Å²) in [5.41, 5.74) is 5.23. The van der Waals surface area contributed by atoms with Crippen molar-refractivity contribution >= 4 is 5.78 Å². The van der Waals surface area contributed by atoms with Crippen molar-refractivity contribution in [3.8, 4) is 33.8 Å². The molecule has 4 rings (SSSR count). The first kappa shape index (κ1) is 19.5. The van der Waals surface area contributed by atoms with E-state index in [1.54, 1.807) is 14.2 Å². The summed E-state index contributed by atoms with van der Waals surface area (Å²) in [6.45, 7) is 0. The summed E-state index contributed by atoms with van der Waals surface area (Å²) < 4.78 is 10.6. The zero-order valence-corrected chi connectivity index (χ0v) is 17.0. The van der Waals surface area contributed by atoms with Crippen molar-refractivity contribution in [3.05, 3.63) is 108 Å². The van der Waals surface area contributed by atoms with E-state index < -0.39 is 0 Å². The molecule has 3 heteroatoms. The van der Waals surface area contributed by atoms with Crippen LogP contribution >= 0.6 is 0 Å². The number of hydrogen-bond acceptors (Lipinski definition) is 3. The van der Waals surface area contributed by atoms with Crippen LogP contribution in [0, 0.1) is 0 Å². The number of benzene rings is 4. The molecule has 0 aliphatic heterocycles. The summed E-state index contributed by atoms with van der Waals surface area (Å²) in [5.74, 6) is 1.56. The Labute approximate surface area is 176 Å². The predicted octanol–water partition coefficient (Wildman–Crippen LogP) is 6.27. The fraction of sp³-hybridized carbons (Fsp3) is 0.0741. The number of methoxy groups -OCH3 is 2. The van der Waals surface area contributed by atoms with Gasteiger partial charge in [0, 0.05) is 11.1 Å². The third-order valence-corrected chi connectivity index (χ3v) is 5.10. The fourth-order valence-electron chi connectivity index (χ4n) is 3.50. The number of ether oxygens (including phenoxy) is 2. The smallest absolute Gasteiger partial charge is 0.193 e. The summed E-state index contributed by atoms with van der Waals surface area (Å²) in [7, 11) is 3.29. The van der Waals surface area contributed by atoms with Gasteiger partial charge in [-0.3, -0.25) is 4.79 Å². The average Bonchev–Trinajstić information content (AvgIpc) is 2.83. The van der Waals surface area contributed by atoms with Crippen LogP contribution < -0.4 is 9.47 Å². The highest BCUT2D eigenvalue weighted by molar-refractivity contribution is 6.13. The Balaban J connectivity index is 1.67. The minimum atomic E-state index is -0.00869. The van der Waals surface area contributed by atoms with Gasteiger partial charge >= 0.3 is 0 Å². The quantitative estimate of drug-likeness (QED) is 0.362. The van der Waals surface area contributed by atoms with Crippen LogP contribution in [0.4, 0.5) is 0 Å². The molecule has 3 nitrogen and oxygen atoms in total. The van der Waals surface area contributed by atoms with Crippen LogP contribution in [-0.4, -0.2) is 20.0 Å². The van der Waals surface area contributed by atoms with Crippen LogP contribution in [-0.2, 0) is 0 Å². The second kappa shape index (κ2) is 8.66. The van der Waals surface area contributed by atoms with Crippen molar-refractivity contribution < 1.29 is 14.3 Å². The second-order valence-corrected chi connectivity index (χ2v) is 6.92. The lowest BCUT2D eigenvalue weighted by molar-refractivity contribution is 0.103. The Morgan fingerprint density at radius 1 is 0.600 bits per heavy atom. The van der Waals surface area contributed by atoms with Gasteiger partial charge in [-0.1, -0.05) is 72.8 Å². The van der Waals surface area contributed by atoms with E-state index in [1.807, 2.05) is 97.1 Å². The van der Waals surface area contributed by atoms with E-state index in [2.05, 4.69) is 0 Å². The predicted molar refractivity (Wildman–Crippen MR) is 120 cm³/mol. The van der Waals surface area contributed by atoms with Gasteiger partial charge in [-0.25, -0.2) is 0 Å². The van der Waals surface area contributed by atoms with Gasteiger partial charge in [0.25, 0.3) is 0 Å². The van der Waals surface area contributed by atoms with Gasteiger partial charge in [0.05, 0.1) is 14.2 Å². The van der Waals surface area contributed by atoms with Gasteiger partial charge in [0.2, 0.25) is 0 Å². The minimum absolute atomic E-state index is 0.00869. The van der Waals surface area contributed by atoms with Gasteiger partial charge < -0.3 is 9.47 Å². The fourth-order valence-corrected chi connectivity index (χ4v) is 3.50. The van der Waals surface area contributed by atoms with Crippen molar-refractivity contribution in [1.29, 1.82) is 0 Å². The molecule has 0 N–H and O–H groups in total. The molecule has 0 radical (unpaired) electrons. The molecular weight excluding hydrogens is 372 g/mol. The minimum Gasteiger partial charge on any atom is -0.497 e. The number of rotatable bonds is 6. The SMILES string of the molecule is COc1cccc(-c2ccc(C(=O)c3ccccc3-c3cccc(OC)c3)cc2)c1. The molecule has 0 bridgehead atoms. The topological polar surface area (TPSA) is 35.5 Å². The Morgan fingerprint density at radius 2 is 1.20 bits per heavy atom. The third kappa shape index (κ3) is 3.96. The van der Waals surface area contributed by atoms with Gasteiger partial charge in [0.15, 0.2) is 5.78 Å². The van der Waals surface area contributed by atoms with E-state index in [4.69, 9.17) is 9.47 Å². The van der Waals surface area contributed by atoms with E-state index in [0.29, 0.717) is 11.1 Å². The molecule has 0 atom stereocenters. The zero-order valence-electron chi connectivity index (χ0n) is 17.0. The van der Waals surface area contributed by atoms with Gasteiger partial charge in [0.1, 0.15) is 11.5 Å². The van der Waals surface area contributed by atoms with Crippen LogP contribution in [0.15, 0.2) is 97.1 Å². The molecule has 0 aliphatic rings. The van der Waals surface area contributed by atoms with E-state index in [9.17, 15) is 4.79 Å². The summed E-state index contributed by atoms with van der Waals surface area (Å²) in [5, 5.41) is 0. The van der Waals surface area contributed by atoms with Crippen molar-refractivity contribution in [2.45, 2.75) is 0 Å². The maximum atomic E-state index is 13.3. The molecule has 4 aromatic rings. The number of hydrogen-bond donors (Lipinski definition) is 0. The van der Waals surface area contributed by atoms with Crippen molar-refractivity contribution in [3.63, 3.8) is 0 Å². The normalized spacial score (nSPS) is 10.5. The van der Waals surface area contributed by atoms with Gasteiger partial charge in [-0.05, 0) is 46.5 Å². The highest BCUT2D eigenvalue weighted by atomic mass is 16.5. The molecule has 0 aromatic heterocycles. The molecule has 0 aliphatic carbocycles. The molecular formula is C27H22O3. The molecule has 0 unspecified atom stereocenters. The first-order valence-electron chi connectivity index (χ1n) is 9.72. The monoisotopic (exact) mass is 394 g/mol. The summed E-state index contributed by atoms with van der Waals surface area (Å²) >= 11 is 0. The summed E-state index contributed by atoms with van der Waals surface area (Å²) in [6.07, 6.45) is 0. The number of carbonyl (C=O) groups is 1. The first-order chi connectivity index (χ1) is 14.7. The highest BCUT2D eigenvalue weighted by Crippen LogP contribution is 2.29. The summed E-state index contributed by atoms with van der Waals surface area (Å²) in [6, 6.07) is 31.0. The Hall–Kier alpha value is -3.85. The summed E-state index contributed by atoms with van der Waals surface area (Å²) in [4.78, 5) is 13.3. The van der Waals surface area contributed by atoms with Crippen molar-refractivity contribution in [1.82, 2.24) is 0 Å². The van der Waals surface area contributed by atoms with E-state index in [-0.39, 0.29) is 5.78 Å². The molecule has 0 saturated heterocycles. The molecule has 0 amide bonds. The van der Waals surface area contributed by atoms with Crippen LogP contribution in [0.5, 0.6) is 11.5 Å².